The first kappa shape index (κ1) is 16.2. The van der Waals surface area contributed by atoms with Crippen molar-refractivity contribution in [2.24, 2.45) is 5.73 Å². The summed E-state index contributed by atoms with van der Waals surface area (Å²) >= 11 is 0. The van der Waals surface area contributed by atoms with Crippen molar-refractivity contribution in [1.82, 2.24) is 5.32 Å². The molecule has 1 atom stereocenters. The molecule has 1 saturated heterocycles. The molecule has 3 amide bonds. The number of nitrogens with two attached hydrogens (primary N) is 1. The summed E-state index contributed by atoms with van der Waals surface area (Å²) in [6, 6.07) is 5.73. The van der Waals surface area contributed by atoms with E-state index in [0.717, 1.165) is 0 Å². The van der Waals surface area contributed by atoms with Gasteiger partial charge in [0, 0.05) is 17.9 Å². The van der Waals surface area contributed by atoms with Gasteiger partial charge in [0.05, 0.1) is 13.2 Å². The molecule has 1 aromatic rings. The zero-order valence-corrected chi connectivity index (χ0v) is 11.5. The summed E-state index contributed by atoms with van der Waals surface area (Å²) in [4.78, 5) is 22.5. The summed E-state index contributed by atoms with van der Waals surface area (Å²) in [7, 11) is 0. The Labute approximate surface area is 122 Å². The second-order valence-corrected chi connectivity index (χ2v) is 4.14. The number of primary amides is 1. The molecule has 2 rings (SSSR count). The Balaban J connectivity index is 0.00000200. The first-order chi connectivity index (χ1) is 9.15. The van der Waals surface area contributed by atoms with Gasteiger partial charge >= 0.3 is 6.03 Å². The fourth-order valence-electron chi connectivity index (χ4n) is 1.74. The van der Waals surface area contributed by atoms with Gasteiger partial charge in [0.2, 0.25) is 5.91 Å². The molecule has 7 nitrogen and oxygen atoms in total. The average molecular weight is 301 g/mol. The minimum Gasteiger partial charge on any atom is -0.378 e. The molecule has 8 heteroatoms. The number of hydrogen-bond donors (Lipinski definition) is 4. The number of hydrogen-bond acceptors (Lipinski definition) is 4. The van der Waals surface area contributed by atoms with Crippen LogP contribution in [0.4, 0.5) is 16.2 Å². The van der Waals surface area contributed by atoms with E-state index >= 15 is 0 Å². The maximum atomic E-state index is 11.9. The Morgan fingerprint density at radius 1 is 1.20 bits per heavy atom. The average Bonchev–Trinajstić information content (AvgIpc) is 2.41. The van der Waals surface area contributed by atoms with Crippen molar-refractivity contribution < 1.29 is 14.3 Å². The topological polar surface area (TPSA) is 105 Å². The van der Waals surface area contributed by atoms with Crippen LogP contribution in [-0.2, 0) is 9.53 Å². The Morgan fingerprint density at radius 2 is 1.80 bits per heavy atom. The van der Waals surface area contributed by atoms with E-state index in [2.05, 4.69) is 16.0 Å². The third kappa shape index (κ3) is 4.69. The molecular weight excluding hydrogens is 284 g/mol. The van der Waals surface area contributed by atoms with Gasteiger partial charge in [-0.1, -0.05) is 0 Å². The first-order valence-electron chi connectivity index (χ1n) is 5.93. The van der Waals surface area contributed by atoms with Crippen LogP contribution < -0.4 is 21.7 Å². The van der Waals surface area contributed by atoms with Crippen LogP contribution in [0.2, 0.25) is 0 Å². The van der Waals surface area contributed by atoms with Crippen LogP contribution in [0.15, 0.2) is 24.3 Å². The molecule has 0 bridgehead atoms. The number of nitrogens with one attached hydrogen (secondary N) is 3. The van der Waals surface area contributed by atoms with E-state index in [0.29, 0.717) is 31.1 Å². The zero-order valence-electron chi connectivity index (χ0n) is 10.7. The molecule has 1 aliphatic heterocycles. The maximum absolute atomic E-state index is 11.9. The fraction of sp³-hybridized carbons (Fsp3) is 0.333. The van der Waals surface area contributed by atoms with Crippen LogP contribution in [0.25, 0.3) is 0 Å². The highest BCUT2D eigenvalue weighted by molar-refractivity contribution is 5.95. The monoisotopic (exact) mass is 300 g/mol. The molecule has 0 spiro atoms. The fourth-order valence-corrected chi connectivity index (χ4v) is 1.74. The minimum atomic E-state index is -0.625. The van der Waals surface area contributed by atoms with Crippen molar-refractivity contribution >= 4 is 35.7 Å². The highest BCUT2D eigenvalue weighted by Crippen LogP contribution is 2.13. The van der Waals surface area contributed by atoms with Crippen LogP contribution in [-0.4, -0.2) is 37.7 Å². The van der Waals surface area contributed by atoms with E-state index in [1.165, 1.54) is 0 Å². The lowest BCUT2D eigenvalue weighted by molar-refractivity contribution is -0.120. The zero-order chi connectivity index (χ0) is 13.7. The predicted octanol–water partition coefficient (Wildman–Crippen LogP) is 0.526. The lowest BCUT2D eigenvalue weighted by atomic mass is 10.2. The molecule has 0 saturated carbocycles. The number of morpholine rings is 1. The number of carbonyl (C=O) groups excluding carboxylic acids is 2. The SMILES string of the molecule is Cl.NC(=O)Nc1ccc(NC(=O)C2COCCN2)cc1. The molecule has 110 valence electrons. The number of amides is 3. The minimum absolute atomic E-state index is 0. The number of urea groups is 1. The quantitative estimate of drug-likeness (QED) is 0.653. The molecule has 1 heterocycles. The second-order valence-electron chi connectivity index (χ2n) is 4.14. The Bertz CT molecular complexity index is 460. The number of benzene rings is 1. The summed E-state index contributed by atoms with van der Waals surface area (Å²) in [6.45, 7) is 1.66. The van der Waals surface area contributed by atoms with E-state index in [1.54, 1.807) is 24.3 Å². The summed E-state index contributed by atoms with van der Waals surface area (Å²) in [5.41, 5.74) is 6.22. The Morgan fingerprint density at radius 3 is 2.30 bits per heavy atom. The van der Waals surface area contributed by atoms with E-state index < -0.39 is 6.03 Å². The lowest BCUT2D eigenvalue weighted by Gasteiger charge is -2.22. The number of ether oxygens (including phenoxy) is 1. The van der Waals surface area contributed by atoms with Crippen molar-refractivity contribution in [3.63, 3.8) is 0 Å². The van der Waals surface area contributed by atoms with Crippen LogP contribution in [0, 0.1) is 0 Å². The van der Waals surface area contributed by atoms with Gasteiger partial charge in [-0.2, -0.15) is 0 Å². The largest absolute Gasteiger partial charge is 0.378 e. The van der Waals surface area contributed by atoms with E-state index in [4.69, 9.17) is 10.5 Å². The first-order valence-corrected chi connectivity index (χ1v) is 5.93. The van der Waals surface area contributed by atoms with Crippen LogP contribution in [0.3, 0.4) is 0 Å². The van der Waals surface area contributed by atoms with Crippen molar-refractivity contribution in [2.45, 2.75) is 6.04 Å². The third-order valence-electron chi connectivity index (χ3n) is 2.66. The van der Waals surface area contributed by atoms with Gasteiger partial charge in [-0.15, -0.1) is 12.4 Å². The normalized spacial score (nSPS) is 17.7. The number of anilines is 2. The molecule has 1 aliphatic rings. The van der Waals surface area contributed by atoms with Crippen molar-refractivity contribution in [2.75, 3.05) is 30.4 Å². The molecule has 1 aromatic carbocycles. The van der Waals surface area contributed by atoms with Crippen LogP contribution in [0.1, 0.15) is 0 Å². The highest BCUT2D eigenvalue weighted by atomic mass is 35.5. The van der Waals surface area contributed by atoms with Gasteiger partial charge in [-0.05, 0) is 24.3 Å². The molecule has 0 aliphatic carbocycles. The second kappa shape index (κ2) is 7.68. The van der Waals surface area contributed by atoms with Crippen molar-refractivity contribution in [3.8, 4) is 0 Å². The highest BCUT2D eigenvalue weighted by Gasteiger charge is 2.20. The molecular formula is C12H17ClN4O3. The summed E-state index contributed by atoms with van der Waals surface area (Å²) in [5, 5.41) is 8.28. The number of rotatable bonds is 3. The number of carbonyl (C=O) groups is 2. The Hall–Kier alpha value is -1.83. The maximum Gasteiger partial charge on any atom is 0.316 e. The van der Waals surface area contributed by atoms with E-state index in [1.807, 2.05) is 0 Å². The lowest BCUT2D eigenvalue weighted by Crippen LogP contribution is -2.48. The van der Waals surface area contributed by atoms with Gasteiger partial charge in [-0.3, -0.25) is 4.79 Å². The van der Waals surface area contributed by atoms with Crippen LogP contribution in [0.5, 0.6) is 0 Å². The predicted molar refractivity (Wildman–Crippen MR) is 78.1 cm³/mol. The molecule has 0 aromatic heterocycles. The van der Waals surface area contributed by atoms with Gasteiger partial charge < -0.3 is 26.4 Å². The smallest absolute Gasteiger partial charge is 0.316 e. The van der Waals surface area contributed by atoms with Gasteiger partial charge in [0.1, 0.15) is 6.04 Å². The summed E-state index contributed by atoms with van der Waals surface area (Å²) in [5.74, 6) is -0.143. The molecule has 5 N–H and O–H groups in total. The summed E-state index contributed by atoms with van der Waals surface area (Å²) in [6.07, 6.45) is 0. The summed E-state index contributed by atoms with van der Waals surface area (Å²) < 4.78 is 5.22. The van der Waals surface area contributed by atoms with E-state index in [9.17, 15) is 9.59 Å². The molecule has 1 unspecified atom stereocenters. The van der Waals surface area contributed by atoms with Gasteiger partial charge in [0.15, 0.2) is 0 Å². The van der Waals surface area contributed by atoms with Gasteiger partial charge in [0.25, 0.3) is 0 Å². The van der Waals surface area contributed by atoms with Crippen LogP contribution >= 0.6 is 12.4 Å². The molecule has 1 fully saturated rings. The molecule has 0 radical (unpaired) electrons. The van der Waals surface area contributed by atoms with E-state index in [-0.39, 0.29) is 24.4 Å². The standard InChI is InChI=1S/C12H16N4O3.ClH/c13-12(18)16-9-3-1-8(2-4-9)15-11(17)10-7-19-6-5-14-10;/h1-4,10,14H,5-7H2,(H,15,17)(H3,13,16,18);1H. The van der Waals surface area contributed by atoms with Crippen molar-refractivity contribution in [1.29, 1.82) is 0 Å². The molecule has 20 heavy (non-hydrogen) atoms. The third-order valence-corrected chi connectivity index (χ3v) is 2.66. The van der Waals surface area contributed by atoms with Crippen molar-refractivity contribution in [3.05, 3.63) is 24.3 Å². The Kier molecular flexibility index (Phi) is 6.23. The number of halogens is 1. The van der Waals surface area contributed by atoms with Gasteiger partial charge in [-0.25, -0.2) is 4.79 Å².